The van der Waals surface area contributed by atoms with Crippen LogP contribution in [0.25, 0.3) is 0 Å². The van der Waals surface area contributed by atoms with Crippen LogP contribution >= 0.6 is 0 Å². The zero-order chi connectivity index (χ0) is 14.5. The molecule has 0 radical (unpaired) electrons. The molecule has 0 N–H and O–H groups in total. The SMILES string of the molecule is CC/C=C(/CCC#CCCC(=O)OCC)O[SiH](C)C. The Morgan fingerprint density at radius 3 is 2.32 bits per heavy atom. The summed E-state index contributed by atoms with van der Waals surface area (Å²) in [7, 11) is -1.02. The van der Waals surface area contributed by atoms with E-state index in [1.165, 1.54) is 0 Å². The van der Waals surface area contributed by atoms with E-state index in [4.69, 9.17) is 9.16 Å². The number of esters is 1. The number of hydrogen-bond acceptors (Lipinski definition) is 3. The number of carbonyl (C=O) groups is 1. The maximum absolute atomic E-state index is 11.1. The van der Waals surface area contributed by atoms with Gasteiger partial charge < -0.3 is 9.16 Å². The second-order valence-electron chi connectivity index (χ2n) is 4.40. The van der Waals surface area contributed by atoms with Crippen molar-refractivity contribution in [2.75, 3.05) is 6.61 Å². The van der Waals surface area contributed by atoms with Crippen molar-refractivity contribution in [2.24, 2.45) is 0 Å². The van der Waals surface area contributed by atoms with Gasteiger partial charge in [-0.1, -0.05) is 6.92 Å². The van der Waals surface area contributed by atoms with Gasteiger partial charge in [0.25, 0.3) is 0 Å². The van der Waals surface area contributed by atoms with E-state index in [1.54, 1.807) is 0 Å². The third-order valence-electron chi connectivity index (χ3n) is 2.20. The topological polar surface area (TPSA) is 35.5 Å². The van der Waals surface area contributed by atoms with Crippen molar-refractivity contribution >= 4 is 15.0 Å². The highest BCUT2D eigenvalue weighted by atomic mass is 28.3. The van der Waals surface area contributed by atoms with Crippen molar-refractivity contribution in [1.29, 1.82) is 0 Å². The Kier molecular flexibility index (Phi) is 11.1. The molecule has 0 aromatic rings. The largest absolute Gasteiger partial charge is 0.550 e. The predicted octanol–water partition coefficient (Wildman–Crippen LogP) is 3.41. The van der Waals surface area contributed by atoms with Crippen LogP contribution in [0.2, 0.25) is 13.1 Å². The van der Waals surface area contributed by atoms with Crippen molar-refractivity contribution in [3.8, 4) is 11.8 Å². The lowest BCUT2D eigenvalue weighted by Crippen LogP contribution is -2.07. The molecule has 108 valence electrons. The molecule has 3 nitrogen and oxygen atoms in total. The van der Waals surface area contributed by atoms with Gasteiger partial charge in [0.15, 0.2) is 0 Å². The minimum absolute atomic E-state index is 0.169. The normalized spacial score (nSPS) is 10.9. The fraction of sp³-hybridized carbons (Fsp3) is 0.667. The molecule has 19 heavy (non-hydrogen) atoms. The van der Waals surface area contributed by atoms with Crippen molar-refractivity contribution < 1.29 is 14.0 Å². The molecule has 0 aromatic carbocycles. The van der Waals surface area contributed by atoms with Gasteiger partial charge in [0.1, 0.15) is 0 Å². The van der Waals surface area contributed by atoms with E-state index in [2.05, 4.69) is 37.9 Å². The molecule has 0 rings (SSSR count). The predicted molar refractivity (Wildman–Crippen MR) is 81.2 cm³/mol. The summed E-state index contributed by atoms with van der Waals surface area (Å²) in [5, 5.41) is 0. The molecular weight excluding hydrogens is 256 g/mol. The van der Waals surface area contributed by atoms with E-state index in [1.807, 2.05) is 6.92 Å². The first-order chi connectivity index (χ1) is 9.10. The summed E-state index contributed by atoms with van der Waals surface area (Å²) in [6, 6.07) is 0. The molecule has 0 unspecified atom stereocenters. The van der Waals surface area contributed by atoms with Crippen LogP contribution in [0.5, 0.6) is 0 Å². The number of allylic oxidation sites excluding steroid dienone is 2. The lowest BCUT2D eigenvalue weighted by Gasteiger charge is -2.12. The third-order valence-corrected chi connectivity index (χ3v) is 2.97. The van der Waals surface area contributed by atoms with E-state index < -0.39 is 9.04 Å². The number of carbonyl (C=O) groups excluding carboxylic acids is 1. The summed E-state index contributed by atoms with van der Waals surface area (Å²) >= 11 is 0. The molecule has 0 saturated carbocycles. The fourth-order valence-electron chi connectivity index (χ4n) is 1.50. The van der Waals surface area contributed by atoms with Crippen molar-refractivity contribution in [2.45, 2.75) is 59.0 Å². The summed E-state index contributed by atoms with van der Waals surface area (Å²) < 4.78 is 10.7. The first-order valence-corrected chi connectivity index (χ1v) is 9.85. The standard InChI is InChI=1S/C15H26O3Si/c1-5-11-14(18-19(3)4)12-9-7-8-10-13-15(16)17-6-2/h11,19H,5-6,9-10,12-13H2,1-4H3/b14-11-. The first kappa shape index (κ1) is 17.8. The molecule has 0 aromatic heterocycles. The van der Waals surface area contributed by atoms with Gasteiger partial charge in [-0.15, -0.1) is 11.8 Å². The summed E-state index contributed by atoms with van der Waals surface area (Å²) in [5.41, 5.74) is 0. The minimum Gasteiger partial charge on any atom is -0.550 e. The van der Waals surface area contributed by atoms with Crippen LogP contribution in [-0.4, -0.2) is 21.6 Å². The molecular formula is C15H26O3Si. The highest BCUT2D eigenvalue weighted by Crippen LogP contribution is 2.09. The maximum atomic E-state index is 11.1. The molecule has 0 heterocycles. The van der Waals surface area contributed by atoms with Crippen LogP contribution in [0.4, 0.5) is 0 Å². The van der Waals surface area contributed by atoms with Gasteiger partial charge in [0.05, 0.1) is 18.8 Å². The van der Waals surface area contributed by atoms with E-state index in [9.17, 15) is 4.79 Å². The second kappa shape index (κ2) is 11.9. The molecule has 0 aliphatic heterocycles. The Labute approximate surface area is 119 Å². The molecule has 4 heteroatoms. The zero-order valence-corrected chi connectivity index (χ0v) is 13.8. The van der Waals surface area contributed by atoms with Crippen molar-refractivity contribution in [1.82, 2.24) is 0 Å². The average molecular weight is 282 g/mol. The van der Waals surface area contributed by atoms with E-state index in [0.29, 0.717) is 19.4 Å². The molecule has 0 saturated heterocycles. The highest BCUT2D eigenvalue weighted by Gasteiger charge is 2.01. The van der Waals surface area contributed by atoms with Crippen molar-refractivity contribution in [3.63, 3.8) is 0 Å². The highest BCUT2D eigenvalue weighted by molar-refractivity contribution is 6.48. The van der Waals surface area contributed by atoms with Crippen molar-refractivity contribution in [3.05, 3.63) is 11.8 Å². The Morgan fingerprint density at radius 1 is 1.16 bits per heavy atom. The molecule has 0 aliphatic rings. The number of rotatable bonds is 8. The Hall–Kier alpha value is -1.21. The smallest absolute Gasteiger partial charge is 0.306 e. The van der Waals surface area contributed by atoms with Gasteiger partial charge in [-0.05, 0) is 32.5 Å². The summed E-state index contributed by atoms with van der Waals surface area (Å²) in [6.45, 7) is 8.68. The molecule has 0 amide bonds. The van der Waals surface area contributed by atoms with Gasteiger partial charge in [0, 0.05) is 19.3 Å². The Balaban J connectivity index is 3.87. The first-order valence-electron chi connectivity index (χ1n) is 7.07. The monoisotopic (exact) mass is 282 g/mol. The van der Waals surface area contributed by atoms with Crippen LogP contribution in [0.15, 0.2) is 11.8 Å². The van der Waals surface area contributed by atoms with E-state index in [-0.39, 0.29) is 5.97 Å². The zero-order valence-electron chi connectivity index (χ0n) is 12.6. The van der Waals surface area contributed by atoms with Gasteiger partial charge in [-0.25, -0.2) is 0 Å². The van der Waals surface area contributed by atoms with Crippen LogP contribution in [-0.2, 0) is 14.0 Å². The van der Waals surface area contributed by atoms with Gasteiger partial charge in [0.2, 0.25) is 9.04 Å². The number of hydrogen-bond donors (Lipinski definition) is 0. The quantitative estimate of drug-likeness (QED) is 0.296. The Bertz CT molecular complexity index is 337. The maximum Gasteiger partial charge on any atom is 0.306 e. The lowest BCUT2D eigenvalue weighted by atomic mass is 10.2. The average Bonchev–Trinajstić information content (AvgIpc) is 2.33. The van der Waals surface area contributed by atoms with E-state index in [0.717, 1.165) is 25.0 Å². The second-order valence-corrected chi connectivity index (χ2v) is 6.74. The molecule has 0 atom stereocenters. The lowest BCUT2D eigenvalue weighted by molar-refractivity contribution is -0.142. The summed E-state index contributed by atoms with van der Waals surface area (Å²) in [4.78, 5) is 11.1. The minimum atomic E-state index is -1.02. The molecule has 0 fully saturated rings. The fourth-order valence-corrected chi connectivity index (χ4v) is 2.32. The van der Waals surface area contributed by atoms with Gasteiger partial charge in [-0.2, -0.15) is 0 Å². The van der Waals surface area contributed by atoms with Crippen LogP contribution in [0.3, 0.4) is 0 Å². The van der Waals surface area contributed by atoms with Crippen LogP contribution < -0.4 is 0 Å². The Morgan fingerprint density at radius 2 is 1.79 bits per heavy atom. The van der Waals surface area contributed by atoms with Crippen LogP contribution in [0, 0.1) is 11.8 Å². The molecule has 0 spiro atoms. The third kappa shape index (κ3) is 11.6. The van der Waals surface area contributed by atoms with Crippen LogP contribution in [0.1, 0.15) is 46.0 Å². The van der Waals surface area contributed by atoms with Gasteiger partial charge >= 0.3 is 5.97 Å². The van der Waals surface area contributed by atoms with Gasteiger partial charge in [-0.3, -0.25) is 4.79 Å². The summed E-state index contributed by atoms with van der Waals surface area (Å²) in [5.74, 6) is 6.99. The summed E-state index contributed by atoms with van der Waals surface area (Å²) in [6.07, 6.45) is 5.74. The van der Waals surface area contributed by atoms with E-state index >= 15 is 0 Å². The molecule has 0 bridgehead atoms. The molecule has 0 aliphatic carbocycles. The number of ether oxygens (including phenoxy) is 1.